The Morgan fingerprint density at radius 2 is 2.24 bits per heavy atom. The van der Waals surface area contributed by atoms with Crippen LogP contribution < -0.4 is 0 Å². The van der Waals surface area contributed by atoms with Gasteiger partial charge in [0.2, 0.25) is 0 Å². The van der Waals surface area contributed by atoms with Crippen LogP contribution in [0.5, 0.6) is 0 Å². The highest BCUT2D eigenvalue weighted by Gasteiger charge is 2.09. The lowest BCUT2D eigenvalue weighted by Crippen LogP contribution is -2.03. The largest absolute Gasteiger partial charge is 0.481 e. The first kappa shape index (κ1) is 11.9. The highest BCUT2D eigenvalue weighted by Crippen LogP contribution is 2.17. The maximum Gasteiger partial charge on any atom is 0.309 e. The first-order valence-corrected chi connectivity index (χ1v) is 5.89. The summed E-state index contributed by atoms with van der Waals surface area (Å²) >= 11 is 3.40. The van der Waals surface area contributed by atoms with E-state index < -0.39 is 5.97 Å². The molecular formula is C12H11BrN2O2. The van der Waals surface area contributed by atoms with Crippen LogP contribution in [0.25, 0.3) is 5.69 Å². The van der Waals surface area contributed by atoms with Crippen molar-refractivity contribution in [2.75, 3.05) is 0 Å². The normalized spacial score (nSPS) is 10.5. The zero-order chi connectivity index (χ0) is 12.4. The third-order valence-corrected chi connectivity index (χ3v) is 2.82. The van der Waals surface area contributed by atoms with E-state index in [2.05, 4.69) is 21.0 Å². The summed E-state index contributed by atoms with van der Waals surface area (Å²) in [6.45, 7) is 1.90. The number of carboxylic acids is 1. The van der Waals surface area contributed by atoms with Crippen LogP contribution in [0.1, 0.15) is 11.4 Å². The third kappa shape index (κ3) is 2.74. The lowest BCUT2D eigenvalue weighted by atomic mass is 10.3. The number of carboxylic acid groups (broad SMARTS) is 1. The van der Waals surface area contributed by atoms with Crippen molar-refractivity contribution in [3.8, 4) is 5.69 Å². The molecule has 0 bridgehead atoms. The van der Waals surface area contributed by atoms with Crippen molar-refractivity contribution in [2.45, 2.75) is 13.3 Å². The predicted molar refractivity (Wildman–Crippen MR) is 67.3 cm³/mol. The van der Waals surface area contributed by atoms with Crippen molar-refractivity contribution in [1.29, 1.82) is 0 Å². The summed E-state index contributed by atoms with van der Waals surface area (Å²) in [4.78, 5) is 10.6. The van der Waals surface area contributed by atoms with Crippen LogP contribution in [0, 0.1) is 6.92 Å². The van der Waals surface area contributed by atoms with E-state index in [1.54, 1.807) is 10.7 Å². The monoisotopic (exact) mass is 294 g/mol. The molecular weight excluding hydrogens is 284 g/mol. The second-order valence-corrected chi connectivity index (χ2v) is 4.65. The van der Waals surface area contributed by atoms with Crippen LogP contribution >= 0.6 is 15.9 Å². The molecule has 4 nitrogen and oxygen atoms in total. The Bertz CT molecular complexity index is 563. The zero-order valence-corrected chi connectivity index (χ0v) is 10.8. The van der Waals surface area contributed by atoms with E-state index in [0.717, 1.165) is 15.9 Å². The molecule has 0 radical (unpaired) electrons. The molecule has 0 saturated carbocycles. The molecule has 5 heteroatoms. The smallest absolute Gasteiger partial charge is 0.309 e. The molecule has 0 aliphatic rings. The number of aromatic nitrogens is 2. The second kappa shape index (κ2) is 4.71. The van der Waals surface area contributed by atoms with Crippen LogP contribution in [-0.2, 0) is 11.2 Å². The van der Waals surface area contributed by atoms with E-state index in [9.17, 15) is 4.79 Å². The van der Waals surface area contributed by atoms with Crippen LogP contribution in [0.3, 0.4) is 0 Å². The fourth-order valence-corrected chi connectivity index (χ4v) is 2.04. The van der Waals surface area contributed by atoms with Gasteiger partial charge in [-0.3, -0.25) is 4.79 Å². The van der Waals surface area contributed by atoms with Gasteiger partial charge in [-0.1, -0.05) is 22.0 Å². The Kier molecular flexibility index (Phi) is 3.28. The summed E-state index contributed by atoms with van der Waals surface area (Å²) < 4.78 is 2.70. The Labute approximate surface area is 107 Å². The first-order chi connectivity index (χ1) is 8.06. The van der Waals surface area contributed by atoms with Crippen molar-refractivity contribution in [2.24, 2.45) is 0 Å². The van der Waals surface area contributed by atoms with Crippen molar-refractivity contribution >= 4 is 21.9 Å². The summed E-state index contributed by atoms with van der Waals surface area (Å²) in [7, 11) is 0. The molecule has 88 valence electrons. The Morgan fingerprint density at radius 1 is 1.47 bits per heavy atom. The molecule has 2 rings (SSSR count). The van der Waals surface area contributed by atoms with Crippen LogP contribution in [0.2, 0.25) is 0 Å². The summed E-state index contributed by atoms with van der Waals surface area (Å²) in [5.41, 5.74) is 2.39. The molecule has 0 amide bonds. The van der Waals surface area contributed by atoms with E-state index in [1.807, 2.05) is 31.2 Å². The lowest BCUT2D eigenvalue weighted by molar-refractivity contribution is -0.136. The molecule has 1 N–H and O–H groups in total. The molecule has 1 aromatic carbocycles. The van der Waals surface area contributed by atoms with E-state index in [-0.39, 0.29) is 6.42 Å². The van der Waals surface area contributed by atoms with Crippen molar-refractivity contribution in [1.82, 2.24) is 9.78 Å². The van der Waals surface area contributed by atoms with Crippen LogP contribution in [0.15, 0.2) is 34.8 Å². The minimum Gasteiger partial charge on any atom is -0.481 e. The van der Waals surface area contributed by atoms with E-state index in [1.165, 1.54) is 0 Å². The number of aryl methyl sites for hydroxylation is 1. The number of rotatable bonds is 3. The fourth-order valence-electron chi connectivity index (χ4n) is 1.65. The topological polar surface area (TPSA) is 55.1 Å². The van der Waals surface area contributed by atoms with Gasteiger partial charge in [-0.25, -0.2) is 4.68 Å². The standard InChI is InChI=1S/C12H11BrN2O2/c1-8-5-10(7-12(16)17)14-15(8)11-4-2-3-9(13)6-11/h2-6H,7H2,1H3,(H,16,17). The second-order valence-electron chi connectivity index (χ2n) is 3.74. The van der Waals surface area contributed by atoms with E-state index in [0.29, 0.717) is 5.69 Å². The number of halogens is 1. The Morgan fingerprint density at radius 3 is 2.88 bits per heavy atom. The van der Waals surface area contributed by atoms with Gasteiger partial charge >= 0.3 is 5.97 Å². The molecule has 0 unspecified atom stereocenters. The molecule has 1 aromatic heterocycles. The highest BCUT2D eigenvalue weighted by atomic mass is 79.9. The number of benzene rings is 1. The molecule has 0 atom stereocenters. The van der Waals surface area contributed by atoms with Crippen molar-refractivity contribution < 1.29 is 9.90 Å². The van der Waals surface area contributed by atoms with Gasteiger partial charge < -0.3 is 5.11 Å². The van der Waals surface area contributed by atoms with Crippen LogP contribution in [-0.4, -0.2) is 20.9 Å². The Hall–Kier alpha value is -1.62. The molecule has 1 heterocycles. The first-order valence-electron chi connectivity index (χ1n) is 5.09. The van der Waals surface area contributed by atoms with E-state index >= 15 is 0 Å². The lowest BCUT2D eigenvalue weighted by Gasteiger charge is -2.04. The molecule has 0 aliphatic heterocycles. The van der Waals surface area contributed by atoms with Gasteiger partial charge in [0.1, 0.15) is 0 Å². The van der Waals surface area contributed by atoms with Gasteiger partial charge in [0.25, 0.3) is 0 Å². The van der Waals surface area contributed by atoms with Gasteiger partial charge in [-0.15, -0.1) is 0 Å². The summed E-state index contributed by atoms with van der Waals surface area (Å²) in [5.74, 6) is -0.871. The highest BCUT2D eigenvalue weighted by molar-refractivity contribution is 9.10. The van der Waals surface area contributed by atoms with Gasteiger partial charge in [0.15, 0.2) is 0 Å². The zero-order valence-electron chi connectivity index (χ0n) is 9.22. The average molecular weight is 295 g/mol. The minimum absolute atomic E-state index is 0.0537. The fraction of sp³-hybridized carbons (Fsp3) is 0.167. The molecule has 0 spiro atoms. The van der Waals surface area contributed by atoms with Gasteiger partial charge in [-0.05, 0) is 31.2 Å². The number of carbonyl (C=O) groups is 1. The number of aliphatic carboxylic acids is 1. The Balaban J connectivity index is 2.39. The SMILES string of the molecule is Cc1cc(CC(=O)O)nn1-c1cccc(Br)c1. The number of hydrogen-bond acceptors (Lipinski definition) is 2. The van der Waals surface area contributed by atoms with Crippen LogP contribution in [0.4, 0.5) is 0 Å². The number of nitrogens with zero attached hydrogens (tertiary/aromatic N) is 2. The van der Waals surface area contributed by atoms with Gasteiger partial charge in [0, 0.05) is 10.2 Å². The predicted octanol–water partition coefficient (Wildman–Crippen LogP) is 2.57. The van der Waals surface area contributed by atoms with E-state index in [4.69, 9.17) is 5.11 Å². The number of hydrogen-bond donors (Lipinski definition) is 1. The van der Waals surface area contributed by atoms with Crippen molar-refractivity contribution in [3.63, 3.8) is 0 Å². The average Bonchev–Trinajstić information content (AvgIpc) is 2.58. The van der Waals surface area contributed by atoms with Crippen molar-refractivity contribution in [3.05, 3.63) is 46.2 Å². The molecule has 2 aromatic rings. The maximum atomic E-state index is 10.6. The quantitative estimate of drug-likeness (QED) is 0.947. The summed E-state index contributed by atoms with van der Waals surface area (Å²) in [6.07, 6.45) is -0.0537. The maximum absolute atomic E-state index is 10.6. The summed E-state index contributed by atoms with van der Waals surface area (Å²) in [6, 6.07) is 9.49. The minimum atomic E-state index is -0.871. The third-order valence-electron chi connectivity index (χ3n) is 2.32. The van der Waals surface area contributed by atoms with Gasteiger partial charge in [0.05, 0.1) is 17.8 Å². The molecule has 0 aliphatic carbocycles. The molecule has 17 heavy (non-hydrogen) atoms. The van der Waals surface area contributed by atoms with Gasteiger partial charge in [-0.2, -0.15) is 5.10 Å². The summed E-state index contributed by atoms with van der Waals surface area (Å²) in [5, 5.41) is 13.0. The molecule has 0 fully saturated rings. The molecule has 0 saturated heterocycles.